The van der Waals surface area contributed by atoms with Crippen LogP contribution in [0.5, 0.6) is 0 Å². The van der Waals surface area contributed by atoms with E-state index < -0.39 is 0 Å². The summed E-state index contributed by atoms with van der Waals surface area (Å²) in [5, 5.41) is 19.1. The fourth-order valence-electron chi connectivity index (χ4n) is 2.01. The molecular formula is C13H8Cl3N3. The molecule has 0 bridgehead atoms. The van der Waals surface area contributed by atoms with Gasteiger partial charge in [-0.15, -0.1) is 0 Å². The van der Waals surface area contributed by atoms with Gasteiger partial charge in [0, 0.05) is 13.1 Å². The molecule has 3 nitrogen and oxygen atoms in total. The summed E-state index contributed by atoms with van der Waals surface area (Å²) in [5.41, 5.74) is 1.77. The minimum atomic E-state index is 0.179. The van der Waals surface area contributed by atoms with E-state index in [1.165, 1.54) is 0 Å². The van der Waals surface area contributed by atoms with E-state index in [4.69, 9.17) is 45.3 Å². The third-order valence-corrected chi connectivity index (χ3v) is 4.00. The van der Waals surface area contributed by atoms with Crippen LogP contribution >= 0.6 is 34.8 Å². The van der Waals surface area contributed by atoms with Gasteiger partial charge >= 0.3 is 0 Å². The molecule has 0 aromatic heterocycles. The van der Waals surface area contributed by atoms with Gasteiger partial charge in [0.05, 0.1) is 20.8 Å². The Morgan fingerprint density at radius 2 is 1.68 bits per heavy atom. The van der Waals surface area contributed by atoms with E-state index in [1.54, 1.807) is 12.1 Å². The van der Waals surface area contributed by atoms with E-state index >= 15 is 0 Å². The number of nitrogens with zero attached hydrogens (tertiary/aromatic N) is 3. The largest absolute Gasteiger partial charge is 0.366 e. The van der Waals surface area contributed by atoms with Crippen LogP contribution in [-0.2, 0) is 0 Å². The van der Waals surface area contributed by atoms with Crippen molar-refractivity contribution in [3.05, 3.63) is 38.3 Å². The van der Waals surface area contributed by atoms with Gasteiger partial charge in [0.1, 0.15) is 17.7 Å². The molecule has 0 aliphatic carbocycles. The summed E-state index contributed by atoms with van der Waals surface area (Å²) < 4.78 is 0. The molecule has 2 rings (SSSR count). The molecule has 1 aliphatic rings. The summed E-state index contributed by atoms with van der Waals surface area (Å²) >= 11 is 18.0. The SMILES string of the molecule is N#CC(C#N)=C1CCN(c2cc(Cl)c(Cl)cc2Cl)C1. The molecule has 0 atom stereocenters. The number of nitriles is 2. The number of halogens is 3. The molecule has 6 heteroatoms. The number of rotatable bonds is 1. The smallest absolute Gasteiger partial charge is 0.130 e. The maximum Gasteiger partial charge on any atom is 0.130 e. The average molecular weight is 313 g/mol. The lowest BCUT2D eigenvalue weighted by atomic mass is 10.1. The predicted molar refractivity (Wildman–Crippen MR) is 76.6 cm³/mol. The Bertz CT molecular complexity index is 622. The van der Waals surface area contributed by atoms with E-state index in [0.29, 0.717) is 34.6 Å². The van der Waals surface area contributed by atoms with Gasteiger partial charge in [0.25, 0.3) is 0 Å². The third-order valence-electron chi connectivity index (χ3n) is 2.97. The molecule has 1 aromatic carbocycles. The highest BCUT2D eigenvalue weighted by molar-refractivity contribution is 6.44. The molecule has 1 fully saturated rings. The molecular weight excluding hydrogens is 305 g/mol. The quantitative estimate of drug-likeness (QED) is 0.577. The lowest BCUT2D eigenvalue weighted by molar-refractivity contribution is 0.968. The summed E-state index contributed by atoms with van der Waals surface area (Å²) in [6, 6.07) is 7.12. The molecule has 1 aliphatic heterocycles. The van der Waals surface area contributed by atoms with Crippen molar-refractivity contribution >= 4 is 40.5 Å². The van der Waals surface area contributed by atoms with Crippen molar-refractivity contribution in [3.63, 3.8) is 0 Å². The van der Waals surface area contributed by atoms with Crippen LogP contribution in [0.4, 0.5) is 5.69 Å². The first-order valence-corrected chi connectivity index (χ1v) is 6.62. The highest BCUT2D eigenvalue weighted by Crippen LogP contribution is 2.36. The second-order valence-electron chi connectivity index (χ2n) is 4.09. The second kappa shape index (κ2) is 5.72. The molecule has 0 spiro atoms. The second-order valence-corrected chi connectivity index (χ2v) is 5.31. The molecule has 0 saturated carbocycles. The molecule has 1 heterocycles. The predicted octanol–water partition coefficient (Wildman–Crippen LogP) is 4.20. The molecule has 0 radical (unpaired) electrons. The molecule has 0 unspecified atom stereocenters. The van der Waals surface area contributed by atoms with Gasteiger partial charge in [-0.2, -0.15) is 10.5 Å². The number of hydrogen-bond donors (Lipinski definition) is 0. The van der Waals surface area contributed by atoms with Crippen LogP contribution in [0.2, 0.25) is 15.1 Å². The van der Waals surface area contributed by atoms with Crippen LogP contribution in [-0.4, -0.2) is 13.1 Å². The summed E-state index contributed by atoms with van der Waals surface area (Å²) in [4.78, 5) is 1.98. The highest BCUT2D eigenvalue weighted by atomic mass is 35.5. The van der Waals surface area contributed by atoms with Gasteiger partial charge < -0.3 is 4.90 Å². The van der Waals surface area contributed by atoms with E-state index in [1.807, 2.05) is 17.0 Å². The topological polar surface area (TPSA) is 50.8 Å². The number of hydrogen-bond acceptors (Lipinski definition) is 3. The van der Waals surface area contributed by atoms with Gasteiger partial charge in [0.2, 0.25) is 0 Å². The lowest BCUT2D eigenvalue weighted by Crippen LogP contribution is -2.18. The summed E-state index contributed by atoms with van der Waals surface area (Å²) in [5.74, 6) is 0. The van der Waals surface area contributed by atoms with Crippen LogP contribution < -0.4 is 4.90 Å². The van der Waals surface area contributed by atoms with Crippen LogP contribution in [0, 0.1) is 22.7 Å². The first kappa shape index (κ1) is 14.0. The van der Waals surface area contributed by atoms with E-state index in [0.717, 1.165) is 11.3 Å². The normalized spacial score (nSPS) is 14.2. The van der Waals surface area contributed by atoms with Crippen molar-refractivity contribution in [2.75, 3.05) is 18.0 Å². The van der Waals surface area contributed by atoms with Crippen LogP contribution in [0.25, 0.3) is 0 Å². The number of anilines is 1. The first-order valence-electron chi connectivity index (χ1n) is 5.48. The zero-order chi connectivity index (χ0) is 14.0. The molecule has 96 valence electrons. The Morgan fingerprint density at radius 1 is 1.05 bits per heavy atom. The Kier molecular flexibility index (Phi) is 4.22. The Labute approximate surface area is 126 Å². The minimum Gasteiger partial charge on any atom is -0.366 e. The first-order chi connectivity index (χ1) is 9.06. The van der Waals surface area contributed by atoms with Gasteiger partial charge in [-0.3, -0.25) is 0 Å². The fraction of sp³-hybridized carbons (Fsp3) is 0.231. The zero-order valence-electron chi connectivity index (χ0n) is 9.75. The Balaban J connectivity index is 2.33. The Morgan fingerprint density at radius 3 is 2.32 bits per heavy atom. The van der Waals surface area contributed by atoms with Crippen molar-refractivity contribution in [2.24, 2.45) is 0 Å². The number of benzene rings is 1. The maximum atomic E-state index is 8.86. The lowest BCUT2D eigenvalue weighted by Gasteiger charge is -2.19. The van der Waals surface area contributed by atoms with Gasteiger partial charge in [-0.05, 0) is 24.1 Å². The van der Waals surface area contributed by atoms with Crippen LogP contribution in [0.3, 0.4) is 0 Å². The maximum absolute atomic E-state index is 8.86. The van der Waals surface area contributed by atoms with Gasteiger partial charge in [-0.25, -0.2) is 0 Å². The fourth-order valence-corrected chi connectivity index (χ4v) is 2.67. The Hall–Kier alpha value is -1.39. The van der Waals surface area contributed by atoms with Crippen LogP contribution in [0.1, 0.15) is 6.42 Å². The van der Waals surface area contributed by atoms with Crippen molar-refractivity contribution in [2.45, 2.75) is 6.42 Å². The van der Waals surface area contributed by atoms with E-state index in [9.17, 15) is 0 Å². The van der Waals surface area contributed by atoms with E-state index in [-0.39, 0.29) is 5.57 Å². The van der Waals surface area contributed by atoms with Crippen LogP contribution in [0.15, 0.2) is 23.3 Å². The van der Waals surface area contributed by atoms with Gasteiger partial charge in [-0.1, -0.05) is 34.8 Å². The standard InChI is InChI=1S/C13H8Cl3N3/c14-10-3-12(16)13(4-11(10)15)19-2-1-8(7-19)9(5-17)6-18/h3-4H,1-2,7H2. The molecule has 0 N–H and O–H groups in total. The highest BCUT2D eigenvalue weighted by Gasteiger charge is 2.22. The minimum absolute atomic E-state index is 0.179. The van der Waals surface area contributed by atoms with Gasteiger partial charge in [0.15, 0.2) is 0 Å². The zero-order valence-corrected chi connectivity index (χ0v) is 12.0. The van der Waals surface area contributed by atoms with Crippen molar-refractivity contribution < 1.29 is 0 Å². The van der Waals surface area contributed by atoms with Crippen molar-refractivity contribution in [1.82, 2.24) is 0 Å². The summed E-state index contributed by atoms with van der Waals surface area (Å²) in [6.07, 6.45) is 0.674. The van der Waals surface area contributed by atoms with Crippen molar-refractivity contribution in [3.8, 4) is 12.1 Å². The van der Waals surface area contributed by atoms with E-state index in [2.05, 4.69) is 0 Å². The molecule has 19 heavy (non-hydrogen) atoms. The van der Waals surface area contributed by atoms with Crippen molar-refractivity contribution in [1.29, 1.82) is 10.5 Å². The summed E-state index contributed by atoms with van der Waals surface area (Å²) in [7, 11) is 0. The molecule has 1 saturated heterocycles. The summed E-state index contributed by atoms with van der Waals surface area (Å²) in [6.45, 7) is 1.20. The third kappa shape index (κ3) is 2.80. The molecule has 0 amide bonds. The monoisotopic (exact) mass is 311 g/mol. The average Bonchev–Trinajstić information content (AvgIpc) is 2.85. The molecule has 1 aromatic rings. The number of allylic oxidation sites excluding steroid dienone is 1.